The van der Waals surface area contributed by atoms with Crippen LogP contribution < -0.4 is 16.2 Å². The highest BCUT2D eigenvalue weighted by molar-refractivity contribution is 5.78. The molecule has 0 radical (unpaired) electrons. The van der Waals surface area contributed by atoms with Crippen molar-refractivity contribution in [1.82, 2.24) is 30.2 Å². The van der Waals surface area contributed by atoms with E-state index >= 15 is 0 Å². The Labute approximate surface area is 175 Å². The average molecular weight is 410 g/mol. The molecule has 0 fully saturated rings. The van der Waals surface area contributed by atoms with Gasteiger partial charge in [0.1, 0.15) is 11.6 Å². The van der Waals surface area contributed by atoms with Gasteiger partial charge in [0.2, 0.25) is 11.9 Å². The van der Waals surface area contributed by atoms with Crippen LogP contribution in [0, 0.1) is 5.92 Å². The number of amides is 1. The van der Waals surface area contributed by atoms with Crippen molar-refractivity contribution in [2.24, 2.45) is 13.0 Å². The van der Waals surface area contributed by atoms with Crippen LogP contribution in [0.25, 0.3) is 11.3 Å². The number of hydrogen-bond donors (Lipinski definition) is 3. The van der Waals surface area contributed by atoms with Gasteiger partial charge in [0.05, 0.1) is 24.4 Å². The van der Waals surface area contributed by atoms with Crippen LogP contribution >= 0.6 is 0 Å². The molecule has 0 saturated carbocycles. The first-order valence-electron chi connectivity index (χ1n) is 9.58. The van der Waals surface area contributed by atoms with Crippen LogP contribution in [-0.2, 0) is 16.6 Å². The molecule has 0 aliphatic carbocycles. The summed E-state index contributed by atoms with van der Waals surface area (Å²) in [5.74, 6) is 1.80. The minimum Gasteiger partial charge on any atom is -0.381 e. The summed E-state index contributed by atoms with van der Waals surface area (Å²) in [5.41, 5.74) is 7.04. The van der Waals surface area contributed by atoms with Crippen molar-refractivity contribution in [2.75, 3.05) is 17.9 Å². The molecule has 30 heavy (non-hydrogen) atoms. The molecule has 158 valence electrons. The molecule has 10 nitrogen and oxygen atoms in total. The van der Waals surface area contributed by atoms with Crippen molar-refractivity contribution < 1.29 is 9.53 Å². The number of pyridine rings is 1. The maximum Gasteiger partial charge on any atom is 0.240 e. The smallest absolute Gasteiger partial charge is 0.240 e. The molecule has 1 amide bonds. The second kappa shape index (κ2) is 9.79. The van der Waals surface area contributed by atoms with Gasteiger partial charge in [-0.25, -0.2) is 15.0 Å². The van der Waals surface area contributed by atoms with Gasteiger partial charge in [0.15, 0.2) is 0 Å². The molecular weight excluding hydrogens is 384 g/mol. The average Bonchev–Trinajstić information content (AvgIpc) is 3.15. The summed E-state index contributed by atoms with van der Waals surface area (Å²) in [6.07, 6.45) is 5.13. The fourth-order valence-electron chi connectivity index (χ4n) is 2.81. The number of hydrazine groups is 1. The van der Waals surface area contributed by atoms with Gasteiger partial charge in [-0.05, 0) is 24.1 Å². The van der Waals surface area contributed by atoms with Crippen molar-refractivity contribution in [3.8, 4) is 11.3 Å². The molecule has 0 bridgehead atoms. The Morgan fingerprint density at radius 2 is 1.97 bits per heavy atom. The second-order valence-corrected chi connectivity index (χ2v) is 7.06. The Hall–Kier alpha value is -3.53. The number of methoxy groups -OCH3 is 1. The normalized spacial score (nSPS) is 11.9. The lowest BCUT2D eigenvalue weighted by Gasteiger charge is -2.18. The maximum absolute atomic E-state index is 12.2. The SMILES string of the molecule is COC(CC(=O)NNc1cc(-c2ccnc(Nc3ccnn3C)n2)ccn1)C(C)C. The highest BCUT2D eigenvalue weighted by atomic mass is 16.5. The highest BCUT2D eigenvalue weighted by Gasteiger charge is 2.16. The number of carbonyl (C=O) groups excluding carboxylic acids is 1. The molecule has 3 rings (SSSR count). The van der Waals surface area contributed by atoms with Crippen LogP contribution in [0.15, 0.2) is 42.9 Å². The standard InChI is InChI=1S/C20H26N8O2/c1-13(2)16(30-4)12-19(29)27-26-17-11-14(5-8-21-17)15-6-9-22-20(24-15)25-18-7-10-23-28(18)3/h5-11,13,16H,12H2,1-4H3,(H,21,26)(H,27,29)(H,22,24,25). The first kappa shape index (κ1) is 21.2. The van der Waals surface area contributed by atoms with Gasteiger partial charge < -0.3 is 10.1 Å². The molecular formula is C20H26N8O2. The van der Waals surface area contributed by atoms with Crippen molar-refractivity contribution in [3.05, 3.63) is 42.9 Å². The molecule has 1 atom stereocenters. The molecule has 3 N–H and O–H groups in total. The lowest BCUT2D eigenvalue weighted by molar-refractivity contribution is -0.123. The molecule has 10 heteroatoms. The molecule has 0 aromatic carbocycles. The molecule has 3 heterocycles. The summed E-state index contributed by atoms with van der Waals surface area (Å²) in [7, 11) is 3.44. The lowest BCUT2D eigenvalue weighted by Crippen LogP contribution is -2.34. The van der Waals surface area contributed by atoms with Crippen LogP contribution in [0.5, 0.6) is 0 Å². The summed E-state index contributed by atoms with van der Waals surface area (Å²) < 4.78 is 7.03. The third-order valence-electron chi connectivity index (χ3n) is 4.53. The van der Waals surface area contributed by atoms with Gasteiger partial charge in [-0.1, -0.05) is 13.8 Å². The molecule has 0 spiro atoms. The molecule has 0 aliphatic rings. The monoisotopic (exact) mass is 410 g/mol. The number of nitrogens with one attached hydrogen (secondary N) is 3. The molecule has 1 unspecified atom stereocenters. The van der Waals surface area contributed by atoms with E-state index in [-0.39, 0.29) is 24.3 Å². The van der Waals surface area contributed by atoms with E-state index in [0.717, 1.165) is 11.4 Å². The Kier molecular flexibility index (Phi) is 6.91. The largest absolute Gasteiger partial charge is 0.381 e. The van der Waals surface area contributed by atoms with Crippen LogP contribution in [0.4, 0.5) is 17.6 Å². The number of nitrogens with zero attached hydrogens (tertiary/aromatic N) is 5. The summed E-state index contributed by atoms with van der Waals surface area (Å²) in [5, 5.41) is 7.24. The maximum atomic E-state index is 12.2. The first-order valence-corrected chi connectivity index (χ1v) is 9.58. The van der Waals surface area contributed by atoms with Crippen LogP contribution in [0.3, 0.4) is 0 Å². The fraction of sp³-hybridized carbons (Fsp3) is 0.350. The lowest BCUT2D eigenvalue weighted by atomic mass is 10.0. The number of aromatic nitrogens is 5. The van der Waals surface area contributed by atoms with E-state index in [1.165, 1.54) is 0 Å². The number of aryl methyl sites for hydroxylation is 1. The zero-order chi connectivity index (χ0) is 21.5. The molecule has 3 aromatic heterocycles. The van der Waals surface area contributed by atoms with Crippen molar-refractivity contribution in [1.29, 1.82) is 0 Å². The van der Waals surface area contributed by atoms with E-state index < -0.39 is 0 Å². The topological polar surface area (TPSA) is 119 Å². The minimum atomic E-state index is -0.174. The van der Waals surface area contributed by atoms with Gasteiger partial charge in [0, 0.05) is 38.2 Å². The number of hydrogen-bond acceptors (Lipinski definition) is 8. The fourth-order valence-corrected chi connectivity index (χ4v) is 2.81. The third-order valence-corrected chi connectivity index (χ3v) is 4.53. The van der Waals surface area contributed by atoms with Gasteiger partial charge in [-0.2, -0.15) is 5.10 Å². The third kappa shape index (κ3) is 5.51. The zero-order valence-corrected chi connectivity index (χ0v) is 17.5. The van der Waals surface area contributed by atoms with E-state index in [4.69, 9.17) is 4.74 Å². The predicted molar refractivity (Wildman–Crippen MR) is 114 cm³/mol. The van der Waals surface area contributed by atoms with Crippen LogP contribution in [-0.4, -0.2) is 43.9 Å². The first-order chi connectivity index (χ1) is 14.5. The zero-order valence-electron chi connectivity index (χ0n) is 17.5. The summed E-state index contributed by atoms with van der Waals surface area (Å²) >= 11 is 0. The quantitative estimate of drug-likeness (QED) is 0.461. The Balaban J connectivity index is 1.66. The molecule has 0 saturated heterocycles. The Morgan fingerprint density at radius 3 is 2.67 bits per heavy atom. The molecule has 0 aliphatic heterocycles. The van der Waals surface area contributed by atoms with Crippen molar-refractivity contribution >= 4 is 23.5 Å². The van der Waals surface area contributed by atoms with Gasteiger partial charge >= 0.3 is 0 Å². The van der Waals surface area contributed by atoms with Gasteiger partial charge in [-0.15, -0.1) is 0 Å². The number of ether oxygens (including phenoxy) is 1. The van der Waals surface area contributed by atoms with E-state index in [1.807, 2.05) is 33.0 Å². The number of rotatable bonds is 9. The summed E-state index contributed by atoms with van der Waals surface area (Å²) in [4.78, 5) is 25.2. The Bertz CT molecular complexity index is 988. The highest BCUT2D eigenvalue weighted by Crippen LogP contribution is 2.21. The summed E-state index contributed by atoms with van der Waals surface area (Å²) in [6, 6.07) is 7.27. The minimum absolute atomic E-state index is 0.141. The van der Waals surface area contributed by atoms with E-state index in [1.54, 1.807) is 42.5 Å². The number of carbonyl (C=O) groups is 1. The van der Waals surface area contributed by atoms with Crippen LogP contribution in [0.2, 0.25) is 0 Å². The van der Waals surface area contributed by atoms with Crippen molar-refractivity contribution in [2.45, 2.75) is 26.4 Å². The van der Waals surface area contributed by atoms with E-state index in [0.29, 0.717) is 17.5 Å². The predicted octanol–water partition coefficient (Wildman–Crippen LogP) is 2.52. The molecule has 3 aromatic rings. The Morgan fingerprint density at radius 1 is 1.17 bits per heavy atom. The van der Waals surface area contributed by atoms with Crippen molar-refractivity contribution in [3.63, 3.8) is 0 Å². The van der Waals surface area contributed by atoms with Gasteiger partial charge in [0.25, 0.3) is 0 Å². The van der Waals surface area contributed by atoms with Gasteiger partial charge in [-0.3, -0.25) is 20.3 Å². The second-order valence-electron chi connectivity index (χ2n) is 7.06. The van der Waals surface area contributed by atoms with E-state index in [9.17, 15) is 4.79 Å². The number of anilines is 3. The van der Waals surface area contributed by atoms with E-state index in [2.05, 4.69) is 36.2 Å². The summed E-state index contributed by atoms with van der Waals surface area (Å²) in [6.45, 7) is 4.03. The van der Waals surface area contributed by atoms with Crippen LogP contribution in [0.1, 0.15) is 20.3 Å².